The van der Waals surface area contributed by atoms with Crippen LogP contribution in [0, 0.1) is 19.7 Å². The summed E-state index contributed by atoms with van der Waals surface area (Å²) in [7, 11) is 0. The topological polar surface area (TPSA) is 12.0 Å². The van der Waals surface area contributed by atoms with Crippen molar-refractivity contribution in [3.63, 3.8) is 0 Å². The predicted molar refractivity (Wildman–Crippen MR) is 76.3 cm³/mol. The molecule has 2 heteroatoms. The normalized spacial score (nSPS) is 12.7. The van der Waals surface area contributed by atoms with Gasteiger partial charge in [0.1, 0.15) is 5.82 Å². The first kappa shape index (κ1) is 15.2. The number of hydrogen-bond acceptors (Lipinski definition) is 1. The molecule has 0 radical (unpaired) electrons. The second-order valence-electron chi connectivity index (χ2n) is 5.32. The SMILES string of the molecule is CCCCCC(C)NCc1cc(C)c(F)c(C)c1. The molecule has 0 fully saturated rings. The zero-order chi connectivity index (χ0) is 13.5. The predicted octanol–water partition coefficient (Wildman–Crippen LogP) is 4.50. The first-order valence-corrected chi connectivity index (χ1v) is 7.03. The zero-order valence-corrected chi connectivity index (χ0v) is 12.1. The van der Waals surface area contributed by atoms with Crippen LogP contribution < -0.4 is 5.32 Å². The summed E-state index contributed by atoms with van der Waals surface area (Å²) in [6, 6.07) is 4.41. The Morgan fingerprint density at radius 2 is 1.78 bits per heavy atom. The van der Waals surface area contributed by atoms with Crippen LogP contribution in [0.2, 0.25) is 0 Å². The van der Waals surface area contributed by atoms with Gasteiger partial charge in [0.25, 0.3) is 0 Å². The Bertz CT molecular complexity index is 350. The van der Waals surface area contributed by atoms with E-state index in [9.17, 15) is 4.39 Å². The van der Waals surface area contributed by atoms with E-state index in [4.69, 9.17) is 0 Å². The number of aryl methyl sites for hydroxylation is 2. The summed E-state index contributed by atoms with van der Waals surface area (Å²) in [5.74, 6) is -0.0743. The maximum absolute atomic E-state index is 13.5. The first-order valence-electron chi connectivity index (χ1n) is 7.03. The van der Waals surface area contributed by atoms with Crippen molar-refractivity contribution in [1.82, 2.24) is 5.32 Å². The second kappa shape index (κ2) is 7.52. The van der Waals surface area contributed by atoms with Crippen LogP contribution in [0.1, 0.15) is 56.2 Å². The summed E-state index contributed by atoms with van der Waals surface area (Å²) in [5, 5.41) is 3.51. The third-order valence-electron chi connectivity index (χ3n) is 3.39. The van der Waals surface area contributed by atoms with Gasteiger partial charge in [0, 0.05) is 12.6 Å². The zero-order valence-electron chi connectivity index (χ0n) is 12.1. The van der Waals surface area contributed by atoms with E-state index in [1.165, 1.54) is 31.2 Å². The molecule has 0 amide bonds. The second-order valence-corrected chi connectivity index (χ2v) is 5.32. The number of rotatable bonds is 7. The van der Waals surface area contributed by atoms with E-state index in [0.717, 1.165) is 17.7 Å². The molecule has 1 rings (SSSR count). The van der Waals surface area contributed by atoms with Crippen LogP contribution >= 0.6 is 0 Å². The molecule has 0 aromatic heterocycles. The molecule has 102 valence electrons. The van der Waals surface area contributed by atoms with Crippen molar-refractivity contribution in [3.8, 4) is 0 Å². The van der Waals surface area contributed by atoms with Gasteiger partial charge in [-0.05, 0) is 43.9 Å². The largest absolute Gasteiger partial charge is 0.310 e. The molecule has 1 atom stereocenters. The maximum Gasteiger partial charge on any atom is 0.129 e. The summed E-state index contributed by atoms with van der Waals surface area (Å²) in [5.41, 5.74) is 2.66. The lowest BCUT2D eigenvalue weighted by Crippen LogP contribution is -2.25. The molecule has 0 aliphatic heterocycles. The van der Waals surface area contributed by atoms with Crippen LogP contribution in [-0.4, -0.2) is 6.04 Å². The van der Waals surface area contributed by atoms with E-state index in [1.807, 2.05) is 26.0 Å². The van der Waals surface area contributed by atoms with Gasteiger partial charge in [0.2, 0.25) is 0 Å². The summed E-state index contributed by atoms with van der Waals surface area (Å²) in [4.78, 5) is 0. The van der Waals surface area contributed by atoms with Crippen LogP contribution in [0.25, 0.3) is 0 Å². The standard InChI is InChI=1S/C16H26FN/c1-5-6-7-8-14(4)18-11-15-9-12(2)16(17)13(3)10-15/h9-10,14,18H,5-8,11H2,1-4H3. The lowest BCUT2D eigenvalue weighted by molar-refractivity contribution is 0.486. The summed E-state index contributed by atoms with van der Waals surface area (Å²) < 4.78 is 13.5. The van der Waals surface area contributed by atoms with Gasteiger partial charge in [-0.2, -0.15) is 0 Å². The summed E-state index contributed by atoms with van der Waals surface area (Å²) >= 11 is 0. The van der Waals surface area contributed by atoms with Crippen molar-refractivity contribution in [2.24, 2.45) is 0 Å². The fourth-order valence-electron chi connectivity index (χ4n) is 2.23. The molecule has 0 saturated heterocycles. The van der Waals surface area contributed by atoms with E-state index in [2.05, 4.69) is 19.2 Å². The van der Waals surface area contributed by atoms with Crippen LogP contribution in [0.4, 0.5) is 4.39 Å². The van der Waals surface area contributed by atoms with Crippen molar-refractivity contribution in [3.05, 3.63) is 34.6 Å². The molecule has 1 N–H and O–H groups in total. The van der Waals surface area contributed by atoms with E-state index in [0.29, 0.717) is 6.04 Å². The third-order valence-corrected chi connectivity index (χ3v) is 3.39. The van der Waals surface area contributed by atoms with E-state index in [-0.39, 0.29) is 5.82 Å². The van der Waals surface area contributed by atoms with Gasteiger partial charge < -0.3 is 5.32 Å². The molecule has 0 saturated carbocycles. The number of unbranched alkanes of at least 4 members (excludes halogenated alkanes) is 2. The highest BCUT2D eigenvalue weighted by molar-refractivity contribution is 5.30. The molecule has 1 aromatic carbocycles. The average molecular weight is 251 g/mol. The number of nitrogens with one attached hydrogen (secondary N) is 1. The van der Waals surface area contributed by atoms with Crippen LogP contribution in [-0.2, 0) is 6.54 Å². The third kappa shape index (κ3) is 4.77. The molecule has 1 nitrogen and oxygen atoms in total. The Kier molecular flexibility index (Phi) is 6.34. The quantitative estimate of drug-likeness (QED) is 0.703. The lowest BCUT2D eigenvalue weighted by atomic mass is 10.1. The van der Waals surface area contributed by atoms with Crippen LogP contribution in [0.3, 0.4) is 0 Å². The molecule has 0 aliphatic carbocycles. The molecule has 0 bridgehead atoms. The minimum absolute atomic E-state index is 0.0743. The summed E-state index contributed by atoms with van der Waals surface area (Å²) in [6.45, 7) is 8.93. The van der Waals surface area contributed by atoms with Gasteiger partial charge >= 0.3 is 0 Å². The van der Waals surface area contributed by atoms with Crippen molar-refractivity contribution in [2.75, 3.05) is 0 Å². The van der Waals surface area contributed by atoms with E-state index >= 15 is 0 Å². The molecule has 0 spiro atoms. The monoisotopic (exact) mass is 251 g/mol. The fraction of sp³-hybridized carbons (Fsp3) is 0.625. The molecule has 1 unspecified atom stereocenters. The highest BCUT2D eigenvalue weighted by atomic mass is 19.1. The molecule has 0 aliphatic rings. The van der Waals surface area contributed by atoms with E-state index in [1.54, 1.807) is 0 Å². The number of benzene rings is 1. The number of hydrogen-bond donors (Lipinski definition) is 1. The van der Waals surface area contributed by atoms with Crippen molar-refractivity contribution in [2.45, 2.75) is 66.0 Å². The first-order chi connectivity index (χ1) is 8.54. The lowest BCUT2D eigenvalue weighted by Gasteiger charge is -2.14. The Balaban J connectivity index is 2.43. The highest BCUT2D eigenvalue weighted by Crippen LogP contribution is 2.15. The average Bonchev–Trinajstić information content (AvgIpc) is 2.33. The minimum Gasteiger partial charge on any atom is -0.310 e. The van der Waals surface area contributed by atoms with Crippen molar-refractivity contribution < 1.29 is 4.39 Å². The van der Waals surface area contributed by atoms with Crippen LogP contribution in [0.5, 0.6) is 0 Å². The van der Waals surface area contributed by atoms with Gasteiger partial charge in [-0.3, -0.25) is 0 Å². The van der Waals surface area contributed by atoms with Crippen molar-refractivity contribution >= 4 is 0 Å². The maximum atomic E-state index is 13.5. The molecule has 0 heterocycles. The van der Waals surface area contributed by atoms with Gasteiger partial charge in [-0.25, -0.2) is 4.39 Å². The molecular formula is C16H26FN. The van der Waals surface area contributed by atoms with Crippen LogP contribution in [0.15, 0.2) is 12.1 Å². The van der Waals surface area contributed by atoms with Gasteiger partial charge in [-0.1, -0.05) is 38.3 Å². The number of halogens is 1. The van der Waals surface area contributed by atoms with Crippen molar-refractivity contribution in [1.29, 1.82) is 0 Å². The van der Waals surface area contributed by atoms with Gasteiger partial charge in [0.05, 0.1) is 0 Å². The Hall–Kier alpha value is -0.890. The van der Waals surface area contributed by atoms with Gasteiger partial charge in [-0.15, -0.1) is 0 Å². The molecular weight excluding hydrogens is 225 g/mol. The minimum atomic E-state index is -0.0743. The van der Waals surface area contributed by atoms with Gasteiger partial charge in [0.15, 0.2) is 0 Å². The smallest absolute Gasteiger partial charge is 0.129 e. The Morgan fingerprint density at radius 1 is 1.17 bits per heavy atom. The molecule has 1 aromatic rings. The molecule has 18 heavy (non-hydrogen) atoms. The summed E-state index contributed by atoms with van der Waals surface area (Å²) in [6.07, 6.45) is 5.07. The Morgan fingerprint density at radius 3 is 2.33 bits per heavy atom. The van der Waals surface area contributed by atoms with E-state index < -0.39 is 0 Å². The fourth-order valence-corrected chi connectivity index (χ4v) is 2.23. The Labute approximate surface area is 111 Å². The highest BCUT2D eigenvalue weighted by Gasteiger charge is 2.06.